The van der Waals surface area contributed by atoms with Crippen LogP contribution in [0.3, 0.4) is 0 Å². The van der Waals surface area contributed by atoms with E-state index in [1.54, 1.807) is 6.07 Å². The van der Waals surface area contributed by atoms with E-state index >= 15 is 0 Å². The number of hydrogen-bond acceptors (Lipinski definition) is 2. The average molecular weight is 288 g/mol. The summed E-state index contributed by atoms with van der Waals surface area (Å²) in [6.07, 6.45) is 3.73. The lowest BCUT2D eigenvalue weighted by molar-refractivity contribution is 0.103. The molecule has 1 N–H and O–H groups in total. The van der Waals surface area contributed by atoms with E-state index in [0.717, 1.165) is 37.6 Å². The van der Waals surface area contributed by atoms with Gasteiger partial charge in [0.25, 0.3) is 0 Å². The summed E-state index contributed by atoms with van der Waals surface area (Å²) in [6, 6.07) is 5.52. The van der Waals surface area contributed by atoms with Crippen LogP contribution in [0.4, 0.5) is 0 Å². The molecule has 4 heteroatoms. The summed E-state index contributed by atoms with van der Waals surface area (Å²) in [5.41, 5.74) is 1.00. The lowest BCUT2D eigenvalue weighted by Gasteiger charge is -2.22. The number of piperidine rings is 1. The molecule has 0 unspecified atom stereocenters. The second-order valence-electron chi connectivity index (χ2n) is 4.79. The highest BCUT2D eigenvalue weighted by molar-refractivity contribution is 6.35. The van der Waals surface area contributed by atoms with Gasteiger partial charge < -0.3 is 10.1 Å². The van der Waals surface area contributed by atoms with Crippen molar-refractivity contribution in [3.05, 3.63) is 33.8 Å². The van der Waals surface area contributed by atoms with Crippen molar-refractivity contribution in [3.63, 3.8) is 0 Å². The molecular formula is C14H19Cl2NO. The minimum absolute atomic E-state index is 0.566. The summed E-state index contributed by atoms with van der Waals surface area (Å²) in [5, 5.41) is 4.76. The highest BCUT2D eigenvalue weighted by Crippen LogP contribution is 2.22. The van der Waals surface area contributed by atoms with Crippen molar-refractivity contribution in [1.29, 1.82) is 0 Å². The summed E-state index contributed by atoms with van der Waals surface area (Å²) < 4.78 is 5.69. The number of rotatable bonds is 5. The zero-order chi connectivity index (χ0) is 12.8. The van der Waals surface area contributed by atoms with Gasteiger partial charge in [0.05, 0.1) is 6.61 Å². The van der Waals surface area contributed by atoms with Crippen LogP contribution in [0.5, 0.6) is 0 Å². The topological polar surface area (TPSA) is 21.3 Å². The van der Waals surface area contributed by atoms with Gasteiger partial charge in [-0.15, -0.1) is 0 Å². The molecule has 0 radical (unpaired) electrons. The summed E-state index contributed by atoms with van der Waals surface area (Å²) in [7, 11) is 0. The third kappa shape index (κ3) is 4.43. The Morgan fingerprint density at radius 2 is 2.22 bits per heavy atom. The van der Waals surface area contributed by atoms with Gasteiger partial charge in [0.1, 0.15) is 0 Å². The Morgan fingerprint density at radius 3 is 2.94 bits per heavy atom. The molecule has 1 saturated heterocycles. The molecule has 1 aromatic rings. The van der Waals surface area contributed by atoms with Crippen molar-refractivity contribution in [2.75, 3.05) is 19.7 Å². The van der Waals surface area contributed by atoms with Gasteiger partial charge in [0.2, 0.25) is 0 Å². The summed E-state index contributed by atoms with van der Waals surface area (Å²) in [5.74, 6) is 0.763. The van der Waals surface area contributed by atoms with Gasteiger partial charge in [0, 0.05) is 16.7 Å². The van der Waals surface area contributed by atoms with Crippen LogP contribution in [-0.2, 0) is 11.3 Å². The van der Waals surface area contributed by atoms with Gasteiger partial charge >= 0.3 is 0 Å². The second kappa shape index (κ2) is 7.34. The minimum Gasteiger partial charge on any atom is -0.377 e. The van der Waals surface area contributed by atoms with E-state index in [1.807, 2.05) is 12.1 Å². The van der Waals surface area contributed by atoms with Crippen LogP contribution < -0.4 is 5.32 Å². The van der Waals surface area contributed by atoms with Crippen molar-refractivity contribution in [3.8, 4) is 0 Å². The molecule has 18 heavy (non-hydrogen) atoms. The number of ether oxygens (including phenoxy) is 1. The Morgan fingerprint density at radius 1 is 1.33 bits per heavy atom. The number of benzene rings is 1. The summed E-state index contributed by atoms with van der Waals surface area (Å²) >= 11 is 11.9. The molecule has 0 saturated carbocycles. The molecule has 1 aliphatic rings. The molecule has 1 aromatic carbocycles. The fraction of sp³-hybridized carbons (Fsp3) is 0.571. The smallest absolute Gasteiger partial charge is 0.0731 e. The van der Waals surface area contributed by atoms with Crippen LogP contribution in [0.15, 0.2) is 18.2 Å². The maximum atomic E-state index is 6.08. The lowest BCUT2D eigenvalue weighted by Crippen LogP contribution is -2.30. The van der Waals surface area contributed by atoms with Crippen molar-refractivity contribution in [2.24, 2.45) is 5.92 Å². The summed E-state index contributed by atoms with van der Waals surface area (Å²) in [6.45, 7) is 3.66. The van der Waals surface area contributed by atoms with E-state index in [9.17, 15) is 0 Å². The van der Waals surface area contributed by atoms with E-state index in [2.05, 4.69) is 5.32 Å². The Bertz CT molecular complexity index is 378. The first kappa shape index (κ1) is 14.1. The Balaban J connectivity index is 1.68. The minimum atomic E-state index is 0.566. The van der Waals surface area contributed by atoms with Gasteiger partial charge in [-0.1, -0.05) is 29.3 Å². The highest BCUT2D eigenvalue weighted by atomic mass is 35.5. The molecule has 0 amide bonds. The molecule has 1 heterocycles. The van der Waals surface area contributed by atoms with Crippen LogP contribution in [0.25, 0.3) is 0 Å². The largest absolute Gasteiger partial charge is 0.377 e. The Hall–Kier alpha value is -0.280. The first-order chi connectivity index (χ1) is 8.75. The van der Waals surface area contributed by atoms with Crippen molar-refractivity contribution in [2.45, 2.75) is 25.9 Å². The van der Waals surface area contributed by atoms with Crippen LogP contribution in [0.2, 0.25) is 10.0 Å². The number of hydrogen-bond donors (Lipinski definition) is 1. The molecule has 1 aliphatic heterocycles. The van der Waals surface area contributed by atoms with E-state index in [0.29, 0.717) is 16.7 Å². The fourth-order valence-corrected chi connectivity index (χ4v) is 2.70. The molecule has 100 valence electrons. The maximum Gasteiger partial charge on any atom is 0.0731 e. The number of halogens is 2. The molecule has 1 atom stereocenters. The van der Waals surface area contributed by atoms with Crippen LogP contribution >= 0.6 is 23.2 Å². The zero-order valence-corrected chi connectivity index (χ0v) is 11.9. The monoisotopic (exact) mass is 287 g/mol. The van der Waals surface area contributed by atoms with Crippen molar-refractivity contribution >= 4 is 23.2 Å². The van der Waals surface area contributed by atoms with E-state index in [1.165, 1.54) is 12.8 Å². The Kier molecular flexibility index (Phi) is 5.77. The molecule has 1 fully saturated rings. The molecule has 0 bridgehead atoms. The van der Waals surface area contributed by atoms with Gasteiger partial charge in [-0.05, 0) is 56.0 Å². The molecule has 0 aliphatic carbocycles. The van der Waals surface area contributed by atoms with Gasteiger partial charge in [0.15, 0.2) is 0 Å². The first-order valence-electron chi connectivity index (χ1n) is 6.48. The van der Waals surface area contributed by atoms with Gasteiger partial charge in [-0.3, -0.25) is 0 Å². The van der Waals surface area contributed by atoms with Crippen LogP contribution in [0, 0.1) is 5.92 Å². The van der Waals surface area contributed by atoms with Crippen molar-refractivity contribution < 1.29 is 4.74 Å². The molecular weight excluding hydrogens is 269 g/mol. The van der Waals surface area contributed by atoms with E-state index in [-0.39, 0.29) is 0 Å². The molecule has 2 rings (SSSR count). The predicted molar refractivity (Wildman–Crippen MR) is 76.3 cm³/mol. The lowest BCUT2D eigenvalue weighted by atomic mass is 9.97. The van der Waals surface area contributed by atoms with Crippen molar-refractivity contribution in [1.82, 2.24) is 5.32 Å². The van der Waals surface area contributed by atoms with Gasteiger partial charge in [-0.25, -0.2) is 0 Å². The van der Waals surface area contributed by atoms with E-state index < -0.39 is 0 Å². The third-order valence-corrected chi connectivity index (χ3v) is 3.93. The van der Waals surface area contributed by atoms with Gasteiger partial charge in [-0.2, -0.15) is 0 Å². The zero-order valence-electron chi connectivity index (χ0n) is 10.4. The van der Waals surface area contributed by atoms with E-state index in [4.69, 9.17) is 27.9 Å². The average Bonchev–Trinajstić information content (AvgIpc) is 2.38. The second-order valence-corrected chi connectivity index (χ2v) is 5.63. The molecule has 0 spiro atoms. The predicted octanol–water partition coefficient (Wildman–Crippen LogP) is 3.90. The normalized spacial score (nSPS) is 20.0. The standard InChI is InChI=1S/C14H19Cl2NO/c15-13-4-3-12(14(16)8-13)10-18-7-5-11-2-1-6-17-9-11/h3-4,8,11,17H,1-2,5-7,9-10H2/t11-/m1/s1. The molecule has 0 aromatic heterocycles. The summed E-state index contributed by atoms with van der Waals surface area (Å²) in [4.78, 5) is 0. The maximum absolute atomic E-state index is 6.08. The Labute approximate surface area is 119 Å². The van der Waals surface area contributed by atoms with Crippen LogP contribution in [0.1, 0.15) is 24.8 Å². The SMILES string of the molecule is Clc1ccc(COCC[C@H]2CCCNC2)c(Cl)c1. The highest BCUT2D eigenvalue weighted by Gasteiger charge is 2.12. The fourth-order valence-electron chi connectivity index (χ4n) is 2.24. The molecule has 2 nitrogen and oxygen atoms in total. The van der Waals surface area contributed by atoms with Crippen LogP contribution in [-0.4, -0.2) is 19.7 Å². The first-order valence-corrected chi connectivity index (χ1v) is 7.23. The quantitative estimate of drug-likeness (QED) is 0.830. The third-order valence-electron chi connectivity index (χ3n) is 3.34. The number of nitrogens with one attached hydrogen (secondary N) is 1.